The first kappa shape index (κ1) is 14.7. The maximum atomic E-state index is 13.6. The molecule has 0 unspecified atom stereocenters. The minimum Gasteiger partial charge on any atom is -0.481 e. The van der Waals surface area contributed by atoms with Crippen molar-refractivity contribution in [2.45, 2.75) is 13.5 Å². The van der Waals surface area contributed by atoms with Crippen LogP contribution in [0.3, 0.4) is 0 Å². The van der Waals surface area contributed by atoms with Gasteiger partial charge in [-0.1, -0.05) is 33.6 Å². The summed E-state index contributed by atoms with van der Waals surface area (Å²) in [7, 11) is 0. The summed E-state index contributed by atoms with van der Waals surface area (Å²) in [6.07, 6.45) is 0. The maximum absolute atomic E-state index is 13.6. The molecule has 0 amide bonds. The number of benzene rings is 2. The van der Waals surface area contributed by atoms with Gasteiger partial charge in [0.15, 0.2) is 18.2 Å². The van der Waals surface area contributed by atoms with Gasteiger partial charge in [-0.2, -0.15) is 0 Å². The van der Waals surface area contributed by atoms with Crippen LogP contribution in [0.5, 0.6) is 5.75 Å². The van der Waals surface area contributed by atoms with Crippen LogP contribution in [0.1, 0.15) is 11.5 Å². The standard InChI is InChI=1S/C16H12BrFN2O2/c1-10-2-4-11(5-3-10)16-20-19-15(22-16)9-21-14-7-6-12(17)8-13(14)18/h2-8H,9H2,1H3. The fourth-order valence-corrected chi connectivity index (χ4v) is 2.19. The van der Waals surface area contributed by atoms with Crippen LogP contribution >= 0.6 is 15.9 Å². The van der Waals surface area contributed by atoms with Crippen LogP contribution in [0.25, 0.3) is 11.5 Å². The minimum atomic E-state index is -0.451. The molecule has 0 saturated heterocycles. The first-order valence-electron chi connectivity index (χ1n) is 6.59. The van der Waals surface area contributed by atoms with Gasteiger partial charge >= 0.3 is 0 Å². The summed E-state index contributed by atoms with van der Waals surface area (Å²) in [6, 6.07) is 12.3. The molecule has 1 heterocycles. The molecule has 4 nitrogen and oxygen atoms in total. The van der Waals surface area contributed by atoms with Crippen LogP contribution in [0.4, 0.5) is 4.39 Å². The summed E-state index contributed by atoms with van der Waals surface area (Å²) >= 11 is 3.19. The normalized spacial score (nSPS) is 10.7. The largest absolute Gasteiger partial charge is 0.481 e. The molecular weight excluding hydrogens is 351 g/mol. The summed E-state index contributed by atoms with van der Waals surface area (Å²) in [5.41, 5.74) is 1.98. The van der Waals surface area contributed by atoms with E-state index in [0.29, 0.717) is 10.4 Å². The highest BCUT2D eigenvalue weighted by Gasteiger charge is 2.10. The van der Waals surface area contributed by atoms with E-state index in [2.05, 4.69) is 26.1 Å². The van der Waals surface area contributed by atoms with E-state index in [-0.39, 0.29) is 18.2 Å². The van der Waals surface area contributed by atoms with Crippen LogP contribution in [0.2, 0.25) is 0 Å². The molecule has 1 aromatic heterocycles. The Hall–Kier alpha value is -2.21. The van der Waals surface area contributed by atoms with Gasteiger partial charge in [-0.15, -0.1) is 10.2 Å². The Labute approximate surface area is 135 Å². The third-order valence-corrected chi connectivity index (χ3v) is 3.50. The predicted octanol–water partition coefficient (Wildman–Crippen LogP) is 4.53. The average molecular weight is 363 g/mol. The van der Waals surface area contributed by atoms with Crippen molar-refractivity contribution in [1.29, 1.82) is 0 Å². The number of nitrogens with zero attached hydrogens (tertiary/aromatic N) is 2. The number of hydrogen-bond acceptors (Lipinski definition) is 4. The van der Waals surface area contributed by atoms with Crippen molar-refractivity contribution in [3.63, 3.8) is 0 Å². The second-order valence-corrected chi connectivity index (χ2v) is 5.65. The Balaban J connectivity index is 1.70. The average Bonchev–Trinajstić information content (AvgIpc) is 2.96. The first-order chi connectivity index (χ1) is 10.6. The Morgan fingerprint density at radius 2 is 1.91 bits per heavy atom. The molecule has 0 aliphatic rings. The number of aryl methyl sites for hydroxylation is 1. The quantitative estimate of drug-likeness (QED) is 0.684. The van der Waals surface area contributed by atoms with Crippen molar-refractivity contribution in [3.05, 3.63) is 64.2 Å². The van der Waals surface area contributed by atoms with Crippen LogP contribution in [0.15, 0.2) is 51.4 Å². The van der Waals surface area contributed by atoms with Gasteiger partial charge < -0.3 is 9.15 Å². The lowest BCUT2D eigenvalue weighted by molar-refractivity contribution is 0.253. The lowest BCUT2D eigenvalue weighted by Gasteiger charge is -2.04. The van der Waals surface area contributed by atoms with Crippen LogP contribution < -0.4 is 4.74 Å². The highest BCUT2D eigenvalue weighted by molar-refractivity contribution is 9.10. The summed E-state index contributed by atoms with van der Waals surface area (Å²) in [5, 5.41) is 7.87. The minimum absolute atomic E-state index is 0.0113. The van der Waals surface area contributed by atoms with E-state index in [0.717, 1.165) is 11.1 Å². The van der Waals surface area contributed by atoms with Gasteiger partial charge in [0.2, 0.25) is 5.89 Å². The Morgan fingerprint density at radius 1 is 1.14 bits per heavy atom. The topological polar surface area (TPSA) is 48.2 Å². The molecule has 0 N–H and O–H groups in total. The summed E-state index contributed by atoms with van der Waals surface area (Å²) in [5.74, 6) is 0.388. The third kappa shape index (κ3) is 3.33. The van der Waals surface area contributed by atoms with Crippen molar-refractivity contribution < 1.29 is 13.5 Å². The zero-order valence-corrected chi connectivity index (χ0v) is 13.3. The molecule has 0 spiro atoms. The maximum Gasteiger partial charge on any atom is 0.254 e. The molecule has 0 fully saturated rings. The molecular formula is C16H12BrFN2O2. The summed E-state index contributed by atoms with van der Waals surface area (Å²) < 4.78 is 25.2. The Bertz CT molecular complexity index is 787. The van der Waals surface area contributed by atoms with E-state index in [9.17, 15) is 4.39 Å². The first-order valence-corrected chi connectivity index (χ1v) is 7.38. The molecule has 0 saturated carbocycles. The van der Waals surface area contributed by atoms with Gasteiger partial charge in [0.1, 0.15) is 0 Å². The molecule has 0 aliphatic carbocycles. The molecule has 0 bridgehead atoms. The van der Waals surface area contributed by atoms with E-state index < -0.39 is 5.82 Å². The Kier molecular flexibility index (Phi) is 4.20. The van der Waals surface area contributed by atoms with Crippen LogP contribution in [0, 0.1) is 12.7 Å². The van der Waals surface area contributed by atoms with Gasteiger partial charge in [-0.05, 0) is 37.3 Å². The Morgan fingerprint density at radius 3 is 2.64 bits per heavy atom. The number of halogens is 2. The number of rotatable bonds is 4. The van der Waals surface area contributed by atoms with Crippen molar-refractivity contribution in [1.82, 2.24) is 10.2 Å². The van der Waals surface area contributed by atoms with Gasteiger partial charge in [-0.25, -0.2) is 4.39 Å². The number of aromatic nitrogens is 2. The van der Waals surface area contributed by atoms with Gasteiger partial charge in [0.25, 0.3) is 5.89 Å². The second-order valence-electron chi connectivity index (χ2n) is 4.73. The molecule has 0 atom stereocenters. The number of hydrogen-bond donors (Lipinski definition) is 0. The molecule has 3 aromatic rings. The fourth-order valence-electron chi connectivity index (χ4n) is 1.86. The van der Waals surface area contributed by atoms with Gasteiger partial charge in [0.05, 0.1) is 0 Å². The fraction of sp³-hybridized carbons (Fsp3) is 0.125. The zero-order chi connectivity index (χ0) is 15.5. The molecule has 2 aromatic carbocycles. The summed E-state index contributed by atoms with van der Waals surface area (Å²) in [4.78, 5) is 0. The second kappa shape index (κ2) is 6.27. The SMILES string of the molecule is Cc1ccc(-c2nnc(COc3ccc(Br)cc3F)o2)cc1. The van der Waals surface area contributed by atoms with E-state index >= 15 is 0 Å². The number of ether oxygens (including phenoxy) is 1. The highest BCUT2D eigenvalue weighted by Crippen LogP contribution is 2.23. The molecule has 3 rings (SSSR count). The summed E-state index contributed by atoms with van der Waals surface area (Å²) in [6.45, 7) is 2.01. The molecule has 112 valence electrons. The molecule has 0 radical (unpaired) electrons. The van der Waals surface area contributed by atoms with Crippen molar-refractivity contribution in [3.8, 4) is 17.2 Å². The highest BCUT2D eigenvalue weighted by atomic mass is 79.9. The predicted molar refractivity (Wildman–Crippen MR) is 82.9 cm³/mol. The van der Waals surface area contributed by atoms with Crippen molar-refractivity contribution in [2.75, 3.05) is 0 Å². The van der Waals surface area contributed by atoms with Gasteiger partial charge in [-0.3, -0.25) is 0 Å². The van der Waals surface area contributed by atoms with Gasteiger partial charge in [0, 0.05) is 10.0 Å². The molecule has 6 heteroatoms. The van der Waals surface area contributed by atoms with Crippen molar-refractivity contribution in [2.24, 2.45) is 0 Å². The van der Waals surface area contributed by atoms with E-state index in [1.165, 1.54) is 12.1 Å². The zero-order valence-electron chi connectivity index (χ0n) is 11.7. The van der Waals surface area contributed by atoms with Crippen LogP contribution in [-0.4, -0.2) is 10.2 Å². The van der Waals surface area contributed by atoms with E-state index in [4.69, 9.17) is 9.15 Å². The van der Waals surface area contributed by atoms with E-state index in [1.807, 2.05) is 31.2 Å². The smallest absolute Gasteiger partial charge is 0.254 e. The van der Waals surface area contributed by atoms with E-state index in [1.54, 1.807) is 6.07 Å². The molecule has 22 heavy (non-hydrogen) atoms. The molecule has 0 aliphatic heterocycles. The third-order valence-electron chi connectivity index (χ3n) is 3.01. The lowest BCUT2D eigenvalue weighted by atomic mass is 10.1. The van der Waals surface area contributed by atoms with Crippen LogP contribution in [-0.2, 0) is 6.61 Å². The lowest BCUT2D eigenvalue weighted by Crippen LogP contribution is -1.97. The van der Waals surface area contributed by atoms with Crippen molar-refractivity contribution >= 4 is 15.9 Å². The monoisotopic (exact) mass is 362 g/mol.